The lowest BCUT2D eigenvalue weighted by Gasteiger charge is -2.32. The number of alkyl halides is 3. The van der Waals surface area contributed by atoms with Crippen LogP contribution >= 0.6 is 15.9 Å². The van der Waals surface area contributed by atoms with Crippen LogP contribution in [0.2, 0.25) is 0 Å². The maximum absolute atomic E-state index is 12.2. The standard InChI is InChI=1S/C7H12BrF2NO2S/c1-5-4-11(3-2-6(5)8)14(12,13)7(9)10/h5-7H,2-4H2,1H3. The lowest BCUT2D eigenvalue weighted by Crippen LogP contribution is -2.45. The van der Waals surface area contributed by atoms with Crippen LogP contribution in [0.1, 0.15) is 13.3 Å². The molecule has 0 saturated carbocycles. The second-order valence-electron chi connectivity index (χ2n) is 3.45. The number of nitrogens with zero attached hydrogens (tertiary/aromatic N) is 1. The number of hydrogen-bond acceptors (Lipinski definition) is 2. The van der Waals surface area contributed by atoms with Gasteiger partial charge in [-0.2, -0.15) is 13.1 Å². The Morgan fingerprint density at radius 1 is 1.50 bits per heavy atom. The molecule has 1 saturated heterocycles. The van der Waals surface area contributed by atoms with Crippen LogP contribution in [-0.2, 0) is 10.0 Å². The third-order valence-corrected chi connectivity index (χ3v) is 5.21. The molecule has 0 bridgehead atoms. The summed E-state index contributed by atoms with van der Waals surface area (Å²) in [6.07, 6.45) is 0.577. The monoisotopic (exact) mass is 291 g/mol. The predicted octanol–water partition coefficient (Wildman–Crippen LogP) is 1.64. The first-order valence-corrected chi connectivity index (χ1v) is 6.68. The summed E-state index contributed by atoms with van der Waals surface area (Å²) in [6, 6.07) is 0. The molecule has 0 amide bonds. The second kappa shape index (κ2) is 4.40. The molecular formula is C7H12BrF2NO2S. The lowest BCUT2D eigenvalue weighted by atomic mass is 10.0. The number of sulfonamides is 1. The highest BCUT2D eigenvalue weighted by Crippen LogP contribution is 2.26. The van der Waals surface area contributed by atoms with Gasteiger partial charge in [0.05, 0.1) is 0 Å². The Hall–Kier alpha value is 0.250. The van der Waals surface area contributed by atoms with Gasteiger partial charge in [-0.1, -0.05) is 22.9 Å². The molecule has 1 fully saturated rings. The quantitative estimate of drug-likeness (QED) is 0.726. The van der Waals surface area contributed by atoms with E-state index in [1.54, 1.807) is 0 Å². The molecular weight excluding hydrogens is 280 g/mol. The molecule has 2 unspecified atom stereocenters. The topological polar surface area (TPSA) is 37.4 Å². The zero-order chi connectivity index (χ0) is 10.9. The van der Waals surface area contributed by atoms with Crippen LogP contribution in [0, 0.1) is 5.92 Å². The molecule has 1 rings (SSSR count). The van der Waals surface area contributed by atoms with Crippen LogP contribution in [-0.4, -0.2) is 36.4 Å². The molecule has 2 atom stereocenters. The van der Waals surface area contributed by atoms with Crippen molar-refractivity contribution in [2.24, 2.45) is 5.92 Å². The summed E-state index contributed by atoms with van der Waals surface area (Å²) in [5.41, 5.74) is 0. The Bertz CT molecular complexity index is 296. The molecule has 1 aliphatic heterocycles. The third-order valence-electron chi connectivity index (χ3n) is 2.35. The Morgan fingerprint density at radius 3 is 2.50 bits per heavy atom. The van der Waals surface area contributed by atoms with E-state index in [2.05, 4.69) is 15.9 Å². The first-order chi connectivity index (χ1) is 6.35. The van der Waals surface area contributed by atoms with Crippen molar-refractivity contribution in [3.8, 4) is 0 Å². The molecule has 14 heavy (non-hydrogen) atoms. The Morgan fingerprint density at radius 2 is 2.07 bits per heavy atom. The van der Waals surface area contributed by atoms with E-state index >= 15 is 0 Å². The average molecular weight is 292 g/mol. The Balaban J connectivity index is 2.73. The Labute approximate surface area is 90.6 Å². The highest BCUT2D eigenvalue weighted by molar-refractivity contribution is 9.09. The highest BCUT2D eigenvalue weighted by atomic mass is 79.9. The predicted molar refractivity (Wildman–Crippen MR) is 53.0 cm³/mol. The molecule has 1 aliphatic rings. The summed E-state index contributed by atoms with van der Waals surface area (Å²) in [5, 5.41) is 0. The number of rotatable bonds is 2. The van der Waals surface area contributed by atoms with Gasteiger partial charge in [-0.15, -0.1) is 0 Å². The smallest absolute Gasteiger partial charge is 0.206 e. The van der Waals surface area contributed by atoms with Gasteiger partial charge in [-0.05, 0) is 12.3 Å². The van der Waals surface area contributed by atoms with Crippen LogP contribution < -0.4 is 0 Å². The van der Waals surface area contributed by atoms with Crippen LogP contribution in [0.5, 0.6) is 0 Å². The number of hydrogen-bond donors (Lipinski definition) is 0. The van der Waals surface area contributed by atoms with Crippen molar-refractivity contribution in [3.05, 3.63) is 0 Å². The highest BCUT2D eigenvalue weighted by Gasteiger charge is 2.36. The van der Waals surface area contributed by atoms with Gasteiger partial charge >= 0.3 is 5.76 Å². The normalized spacial score (nSPS) is 30.9. The molecule has 7 heteroatoms. The van der Waals surface area contributed by atoms with Gasteiger partial charge in [0, 0.05) is 17.9 Å². The minimum absolute atomic E-state index is 0.0669. The van der Waals surface area contributed by atoms with Gasteiger partial charge in [0.15, 0.2) is 0 Å². The number of piperidine rings is 1. The Kier molecular flexibility index (Phi) is 3.87. The summed E-state index contributed by atoms with van der Waals surface area (Å²) in [7, 11) is -4.38. The molecule has 3 nitrogen and oxygen atoms in total. The van der Waals surface area contributed by atoms with Crippen molar-refractivity contribution < 1.29 is 17.2 Å². The molecule has 0 aromatic carbocycles. The van der Waals surface area contributed by atoms with Crippen molar-refractivity contribution >= 4 is 26.0 Å². The molecule has 0 N–H and O–H groups in total. The third kappa shape index (κ3) is 2.43. The van der Waals surface area contributed by atoms with E-state index in [1.165, 1.54) is 0 Å². The minimum atomic E-state index is -4.38. The van der Waals surface area contributed by atoms with E-state index in [4.69, 9.17) is 0 Å². The zero-order valence-corrected chi connectivity index (χ0v) is 10.1. The van der Waals surface area contributed by atoms with E-state index in [1.807, 2.05) is 6.92 Å². The van der Waals surface area contributed by atoms with Crippen molar-refractivity contribution in [1.82, 2.24) is 4.31 Å². The molecule has 84 valence electrons. The molecule has 0 aromatic heterocycles. The van der Waals surface area contributed by atoms with Crippen molar-refractivity contribution in [3.63, 3.8) is 0 Å². The fourth-order valence-corrected chi connectivity index (χ4v) is 2.82. The van der Waals surface area contributed by atoms with Crippen LogP contribution in [0.25, 0.3) is 0 Å². The number of halogens is 3. The van der Waals surface area contributed by atoms with E-state index < -0.39 is 15.8 Å². The fourth-order valence-electron chi connectivity index (χ4n) is 1.42. The van der Waals surface area contributed by atoms with E-state index in [9.17, 15) is 17.2 Å². The van der Waals surface area contributed by atoms with Crippen LogP contribution in [0.4, 0.5) is 8.78 Å². The van der Waals surface area contributed by atoms with Crippen LogP contribution in [0.3, 0.4) is 0 Å². The minimum Gasteiger partial charge on any atom is -0.206 e. The molecule has 0 aliphatic carbocycles. The van der Waals surface area contributed by atoms with Gasteiger partial charge < -0.3 is 0 Å². The summed E-state index contributed by atoms with van der Waals surface area (Å²) in [6.45, 7) is 2.18. The molecule has 0 aromatic rings. The maximum atomic E-state index is 12.2. The van der Waals surface area contributed by atoms with Gasteiger partial charge in [0.1, 0.15) is 0 Å². The maximum Gasteiger partial charge on any atom is 0.350 e. The van der Waals surface area contributed by atoms with E-state index in [0.29, 0.717) is 6.42 Å². The first kappa shape index (κ1) is 12.3. The first-order valence-electron chi connectivity index (χ1n) is 4.27. The summed E-state index contributed by atoms with van der Waals surface area (Å²) < 4.78 is 47.4. The lowest BCUT2D eigenvalue weighted by molar-refractivity contribution is 0.206. The van der Waals surface area contributed by atoms with Crippen molar-refractivity contribution in [2.45, 2.75) is 23.9 Å². The molecule has 0 radical (unpaired) electrons. The summed E-state index contributed by atoms with van der Waals surface area (Å²) in [4.78, 5) is 0.214. The molecule has 1 heterocycles. The SMILES string of the molecule is CC1CN(S(=O)(=O)C(F)F)CCC1Br. The van der Waals surface area contributed by atoms with Crippen molar-refractivity contribution in [1.29, 1.82) is 0 Å². The summed E-state index contributed by atoms with van der Waals surface area (Å²) >= 11 is 3.38. The molecule has 0 spiro atoms. The summed E-state index contributed by atoms with van der Waals surface area (Å²) in [5.74, 6) is -3.24. The second-order valence-corrected chi connectivity index (χ2v) is 6.52. The zero-order valence-electron chi connectivity index (χ0n) is 7.66. The van der Waals surface area contributed by atoms with Crippen LogP contribution in [0.15, 0.2) is 0 Å². The van der Waals surface area contributed by atoms with Gasteiger partial charge in [-0.25, -0.2) is 8.42 Å². The van der Waals surface area contributed by atoms with Crippen molar-refractivity contribution in [2.75, 3.05) is 13.1 Å². The van der Waals surface area contributed by atoms with E-state index in [-0.39, 0.29) is 23.8 Å². The average Bonchev–Trinajstić information content (AvgIpc) is 2.09. The van der Waals surface area contributed by atoms with Gasteiger partial charge in [-0.3, -0.25) is 0 Å². The largest absolute Gasteiger partial charge is 0.350 e. The van der Waals surface area contributed by atoms with Gasteiger partial charge in [0.25, 0.3) is 10.0 Å². The van der Waals surface area contributed by atoms with Gasteiger partial charge in [0.2, 0.25) is 0 Å². The fraction of sp³-hybridized carbons (Fsp3) is 1.00. The van der Waals surface area contributed by atoms with E-state index in [0.717, 1.165) is 4.31 Å².